The lowest BCUT2D eigenvalue weighted by Gasteiger charge is -2.34. The molecule has 1 aliphatic heterocycles. The number of hydrogen-bond acceptors (Lipinski definition) is 6. The Labute approximate surface area is 185 Å². The molecule has 1 atom stereocenters. The number of ether oxygens (including phenoxy) is 1. The molecular weight excluding hydrogens is 410 g/mol. The third kappa shape index (κ3) is 4.03. The quantitative estimate of drug-likeness (QED) is 0.540. The number of methoxy groups -OCH3 is 1. The number of aryl methyl sites for hydroxylation is 1. The average molecular weight is 438 g/mol. The predicted octanol–water partition coefficient (Wildman–Crippen LogP) is 4.21. The van der Waals surface area contributed by atoms with Crippen LogP contribution >= 0.6 is 0 Å². The Bertz CT molecular complexity index is 1130. The van der Waals surface area contributed by atoms with Crippen LogP contribution in [0.25, 0.3) is 0 Å². The average Bonchev–Trinajstić information content (AvgIpc) is 2.79. The second-order valence-corrected chi connectivity index (χ2v) is 9.03. The van der Waals surface area contributed by atoms with Crippen LogP contribution in [0.5, 0.6) is 11.5 Å². The number of nitrogens with one attached hydrogen (secondary N) is 1. The summed E-state index contributed by atoms with van der Waals surface area (Å²) in [5.74, 6) is 0.656. The molecule has 162 valence electrons. The Kier molecular flexibility index (Phi) is 6.25. The number of pyridine rings is 1. The molecule has 3 aromatic rings. The van der Waals surface area contributed by atoms with E-state index in [1.807, 2.05) is 30.3 Å². The Hall–Kier alpha value is -2.90. The van der Waals surface area contributed by atoms with Crippen molar-refractivity contribution in [1.29, 1.82) is 0 Å². The maximum Gasteiger partial charge on any atom is 0.162 e. The van der Waals surface area contributed by atoms with Crippen molar-refractivity contribution < 1.29 is 14.1 Å². The van der Waals surface area contributed by atoms with E-state index in [2.05, 4.69) is 29.0 Å². The van der Waals surface area contributed by atoms with Crippen LogP contribution in [0.1, 0.15) is 23.1 Å². The number of benzene rings is 2. The fraction of sp³-hybridized carbons (Fsp3) is 0.292. The van der Waals surface area contributed by atoms with Gasteiger partial charge in [-0.2, -0.15) is 0 Å². The lowest BCUT2D eigenvalue weighted by Crippen LogP contribution is -2.28. The minimum Gasteiger partial charge on any atom is -0.504 e. The molecule has 2 N–H and O–H groups in total. The maximum absolute atomic E-state index is 13.1. The van der Waals surface area contributed by atoms with Crippen LogP contribution in [-0.4, -0.2) is 34.5 Å². The number of hydrogen-bond donors (Lipinski definition) is 2. The Morgan fingerprint density at radius 3 is 2.81 bits per heavy atom. The highest BCUT2D eigenvalue weighted by atomic mass is 32.2. The molecule has 0 radical (unpaired) electrons. The van der Waals surface area contributed by atoms with Crippen molar-refractivity contribution in [2.24, 2.45) is 0 Å². The summed E-state index contributed by atoms with van der Waals surface area (Å²) in [7, 11) is 0.342. The molecule has 2 heterocycles. The van der Waals surface area contributed by atoms with Gasteiger partial charge in [-0.3, -0.25) is 4.98 Å². The van der Waals surface area contributed by atoms with Gasteiger partial charge < -0.3 is 20.1 Å². The molecule has 1 aromatic heterocycles. The standard InChI is InChI=1S/C24H27N3O3S/c1-16-8-9-22-23(17(16)2)27(19-15-26-12-10-21(19)31(22)29)13-5-11-25-14-18-6-4-7-20(30-3)24(18)28/h4,6-10,12,15,25,28H,5,11,13-14H2,1-3H3. The van der Waals surface area contributed by atoms with E-state index in [4.69, 9.17) is 4.74 Å². The highest BCUT2D eigenvalue weighted by Crippen LogP contribution is 2.44. The van der Waals surface area contributed by atoms with E-state index in [9.17, 15) is 9.32 Å². The highest BCUT2D eigenvalue weighted by molar-refractivity contribution is 7.85. The van der Waals surface area contributed by atoms with E-state index in [1.54, 1.807) is 25.6 Å². The zero-order chi connectivity index (χ0) is 22.0. The lowest BCUT2D eigenvalue weighted by atomic mass is 10.1. The summed E-state index contributed by atoms with van der Waals surface area (Å²) in [6, 6.07) is 11.4. The number of anilines is 2. The second kappa shape index (κ2) is 9.08. The Balaban J connectivity index is 1.49. The molecule has 6 nitrogen and oxygen atoms in total. The van der Waals surface area contributed by atoms with Crippen molar-refractivity contribution in [2.75, 3.05) is 25.1 Å². The number of fused-ring (bicyclic) bond motifs is 2. The summed E-state index contributed by atoms with van der Waals surface area (Å²) in [4.78, 5) is 8.19. The fourth-order valence-corrected chi connectivity index (χ4v) is 5.33. The number of phenols is 1. The molecule has 7 heteroatoms. The number of phenolic OH excluding ortho intramolecular Hbond substituents is 1. The number of para-hydroxylation sites is 1. The lowest BCUT2D eigenvalue weighted by molar-refractivity contribution is 0.369. The summed E-state index contributed by atoms with van der Waals surface area (Å²) in [6.07, 6.45) is 4.38. The summed E-state index contributed by atoms with van der Waals surface area (Å²) < 4.78 is 18.3. The SMILES string of the molecule is COc1cccc(CNCCCN2c3cnccc3S(=O)c3ccc(C)c(C)c32)c1O. The van der Waals surface area contributed by atoms with Gasteiger partial charge in [0.15, 0.2) is 11.5 Å². The largest absolute Gasteiger partial charge is 0.504 e. The number of aromatic nitrogens is 1. The van der Waals surface area contributed by atoms with Crippen LogP contribution < -0.4 is 15.0 Å². The van der Waals surface area contributed by atoms with Gasteiger partial charge in [-0.25, -0.2) is 4.21 Å². The molecule has 1 aliphatic rings. The van der Waals surface area contributed by atoms with Crippen LogP contribution in [0.4, 0.5) is 11.4 Å². The Morgan fingerprint density at radius 1 is 1.16 bits per heavy atom. The van der Waals surface area contributed by atoms with Crippen LogP contribution in [-0.2, 0) is 17.3 Å². The van der Waals surface area contributed by atoms with Crippen molar-refractivity contribution in [2.45, 2.75) is 36.6 Å². The van der Waals surface area contributed by atoms with Crippen molar-refractivity contribution >= 4 is 22.2 Å². The molecule has 2 aromatic carbocycles. The van der Waals surface area contributed by atoms with Gasteiger partial charge in [0.1, 0.15) is 0 Å². The van der Waals surface area contributed by atoms with Gasteiger partial charge in [-0.15, -0.1) is 0 Å². The van der Waals surface area contributed by atoms with Gasteiger partial charge in [0.05, 0.1) is 45.3 Å². The molecule has 1 unspecified atom stereocenters. The third-order valence-electron chi connectivity index (χ3n) is 5.74. The summed E-state index contributed by atoms with van der Waals surface area (Å²) in [6.45, 7) is 6.26. The molecule has 0 saturated carbocycles. The van der Waals surface area contributed by atoms with Crippen molar-refractivity contribution in [3.63, 3.8) is 0 Å². The van der Waals surface area contributed by atoms with Crippen LogP contribution in [0.2, 0.25) is 0 Å². The number of nitrogens with zero attached hydrogens (tertiary/aromatic N) is 2. The third-order valence-corrected chi connectivity index (χ3v) is 7.21. The Morgan fingerprint density at radius 2 is 2.00 bits per heavy atom. The molecule has 0 saturated heterocycles. The van der Waals surface area contributed by atoms with E-state index >= 15 is 0 Å². The van der Waals surface area contributed by atoms with E-state index in [-0.39, 0.29) is 5.75 Å². The van der Waals surface area contributed by atoms with Gasteiger partial charge in [0.2, 0.25) is 0 Å². The predicted molar refractivity (Wildman–Crippen MR) is 123 cm³/mol. The van der Waals surface area contributed by atoms with Gasteiger partial charge >= 0.3 is 0 Å². The molecule has 31 heavy (non-hydrogen) atoms. The van der Waals surface area contributed by atoms with Gasteiger partial charge in [-0.1, -0.05) is 18.2 Å². The highest BCUT2D eigenvalue weighted by Gasteiger charge is 2.29. The molecule has 0 fully saturated rings. The molecule has 0 aliphatic carbocycles. The van der Waals surface area contributed by atoms with Gasteiger partial charge in [-0.05, 0) is 56.1 Å². The van der Waals surface area contributed by atoms with Crippen LogP contribution in [0.15, 0.2) is 58.6 Å². The van der Waals surface area contributed by atoms with E-state index in [0.717, 1.165) is 51.8 Å². The van der Waals surface area contributed by atoms with E-state index in [1.165, 1.54) is 5.56 Å². The van der Waals surface area contributed by atoms with Crippen LogP contribution in [0, 0.1) is 13.8 Å². The summed E-state index contributed by atoms with van der Waals surface area (Å²) >= 11 is 0. The zero-order valence-electron chi connectivity index (χ0n) is 18.0. The van der Waals surface area contributed by atoms with Crippen LogP contribution in [0.3, 0.4) is 0 Å². The van der Waals surface area contributed by atoms with Crippen molar-refractivity contribution in [3.8, 4) is 11.5 Å². The van der Waals surface area contributed by atoms with Gasteiger partial charge in [0.25, 0.3) is 0 Å². The van der Waals surface area contributed by atoms with E-state index in [0.29, 0.717) is 12.3 Å². The van der Waals surface area contributed by atoms with E-state index < -0.39 is 10.8 Å². The fourth-order valence-electron chi connectivity index (χ4n) is 3.93. The van der Waals surface area contributed by atoms with Crippen molar-refractivity contribution in [3.05, 3.63) is 65.5 Å². The molecular formula is C24H27N3O3S. The first-order chi connectivity index (χ1) is 15.0. The minimum absolute atomic E-state index is 0.177. The molecule has 4 rings (SSSR count). The molecule has 0 spiro atoms. The summed E-state index contributed by atoms with van der Waals surface area (Å²) in [5.41, 5.74) is 5.07. The second-order valence-electron chi connectivity index (χ2n) is 7.62. The smallest absolute Gasteiger partial charge is 0.162 e. The minimum atomic E-state index is -1.21. The normalized spacial score (nSPS) is 14.8. The van der Waals surface area contributed by atoms with Gasteiger partial charge in [0, 0.05) is 24.8 Å². The molecule has 0 amide bonds. The topological polar surface area (TPSA) is 74.7 Å². The number of aromatic hydroxyl groups is 1. The first-order valence-corrected chi connectivity index (χ1v) is 11.5. The summed E-state index contributed by atoms with van der Waals surface area (Å²) in [5, 5.41) is 13.6. The zero-order valence-corrected chi connectivity index (χ0v) is 18.8. The number of rotatable bonds is 7. The first-order valence-electron chi connectivity index (χ1n) is 10.3. The first kappa shape index (κ1) is 21.3. The maximum atomic E-state index is 13.1. The molecule has 0 bridgehead atoms. The van der Waals surface area contributed by atoms with Crippen molar-refractivity contribution in [1.82, 2.24) is 10.3 Å². The monoisotopic (exact) mass is 437 g/mol.